The highest BCUT2D eigenvalue weighted by atomic mass is 16.2. The zero-order chi connectivity index (χ0) is 11.8. The molecule has 0 saturated heterocycles. The quantitative estimate of drug-likeness (QED) is 0.495. The third-order valence-electron chi connectivity index (χ3n) is 2.53. The van der Waals surface area contributed by atoms with Gasteiger partial charge in [0.15, 0.2) is 0 Å². The molecule has 0 spiro atoms. The maximum atomic E-state index is 11.3. The summed E-state index contributed by atoms with van der Waals surface area (Å²) in [6.07, 6.45) is 3.42. The Balaban J connectivity index is 1.89. The second kappa shape index (κ2) is 7.22. The van der Waals surface area contributed by atoms with Crippen LogP contribution in [0.2, 0.25) is 0 Å². The average Bonchev–Trinajstić information content (AvgIpc) is 3.08. The van der Waals surface area contributed by atoms with Crippen molar-refractivity contribution in [1.29, 1.82) is 0 Å². The van der Waals surface area contributed by atoms with Crippen molar-refractivity contribution in [1.82, 2.24) is 16.0 Å². The molecule has 0 radical (unpaired) electrons. The van der Waals surface area contributed by atoms with Crippen LogP contribution in [0.15, 0.2) is 0 Å². The molecule has 92 valence electrons. The maximum Gasteiger partial charge on any atom is 0.223 e. The van der Waals surface area contributed by atoms with Gasteiger partial charge in [-0.15, -0.1) is 0 Å². The summed E-state index contributed by atoms with van der Waals surface area (Å²) in [6, 6.07) is 0. The van der Waals surface area contributed by atoms with Gasteiger partial charge in [-0.1, -0.05) is 0 Å². The lowest BCUT2D eigenvalue weighted by Gasteiger charge is -2.06. The molecule has 0 heterocycles. The fraction of sp³-hybridized carbons (Fsp3) is 0.818. The predicted octanol–water partition coefficient (Wildman–Crippen LogP) is -0.372. The Bertz CT molecular complexity index is 239. The summed E-state index contributed by atoms with van der Waals surface area (Å²) in [5, 5.41) is 8.56. The molecule has 0 unspecified atom stereocenters. The average molecular weight is 227 g/mol. The summed E-state index contributed by atoms with van der Waals surface area (Å²) < 4.78 is 0. The van der Waals surface area contributed by atoms with Crippen molar-refractivity contribution in [3.8, 4) is 0 Å². The van der Waals surface area contributed by atoms with E-state index in [0.717, 1.165) is 25.8 Å². The topological polar surface area (TPSA) is 70.2 Å². The highest BCUT2D eigenvalue weighted by Gasteiger charge is 2.28. The molecule has 1 rings (SSSR count). The Morgan fingerprint density at radius 2 is 1.81 bits per heavy atom. The summed E-state index contributed by atoms with van der Waals surface area (Å²) in [5.41, 5.74) is 0. The van der Waals surface area contributed by atoms with Gasteiger partial charge in [-0.05, 0) is 32.9 Å². The van der Waals surface area contributed by atoms with Gasteiger partial charge in [-0.2, -0.15) is 0 Å². The fourth-order valence-corrected chi connectivity index (χ4v) is 1.39. The van der Waals surface area contributed by atoms with Crippen LogP contribution in [0.3, 0.4) is 0 Å². The Kier molecular flexibility index (Phi) is 5.85. The molecule has 0 atom stereocenters. The number of hydrogen-bond acceptors (Lipinski definition) is 3. The molecule has 16 heavy (non-hydrogen) atoms. The van der Waals surface area contributed by atoms with Crippen LogP contribution < -0.4 is 16.0 Å². The van der Waals surface area contributed by atoms with Crippen molar-refractivity contribution in [3.63, 3.8) is 0 Å². The first-order valence-electron chi connectivity index (χ1n) is 5.93. The van der Waals surface area contributed by atoms with Gasteiger partial charge >= 0.3 is 0 Å². The first-order chi connectivity index (χ1) is 7.74. The largest absolute Gasteiger partial charge is 0.354 e. The van der Waals surface area contributed by atoms with Crippen LogP contribution in [0, 0.1) is 5.92 Å². The van der Waals surface area contributed by atoms with Crippen molar-refractivity contribution < 1.29 is 9.59 Å². The van der Waals surface area contributed by atoms with E-state index in [1.807, 2.05) is 7.05 Å². The van der Waals surface area contributed by atoms with Crippen LogP contribution in [-0.4, -0.2) is 38.5 Å². The van der Waals surface area contributed by atoms with Crippen LogP contribution in [-0.2, 0) is 9.59 Å². The van der Waals surface area contributed by atoms with Crippen molar-refractivity contribution in [3.05, 3.63) is 0 Å². The van der Waals surface area contributed by atoms with Crippen molar-refractivity contribution in [2.45, 2.75) is 25.7 Å². The lowest BCUT2D eigenvalue weighted by Crippen LogP contribution is -2.35. The minimum Gasteiger partial charge on any atom is -0.354 e. The molecule has 5 heteroatoms. The molecule has 1 aliphatic rings. The van der Waals surface area contributed by atoms with Crippen molar-refractivity contribution >= 4 is 11.8 Å². The van der Waals surface area contributed by atoms with Gasteiger partial charge in [-0.3, -0.25) is 9.59 Å². The molecule has 0 aromatic heterocycles. The van der Waals surface area contributed by atoms with E-state index in [1.165, 1.54) is 0 Å². The van der Waals surface area contributed by atoms with Crippen molar-refractivity contribution in [2.24, 2.45) is 5.92 Å². The van der Waals surface area contributed by atoms with E-state index >= 15 is 0 Å². The fourth-order valence-electron chi connectivity index (χ4n) is 1.39. The molecule has 0 aromatic carbocycles. The molecular formula is C11H21N3O2. The second-order valence-corrected chi connectivity index (χ2v) is 4.12. The molecule has 0 aromatic rings. The summed E-state index contributed by atoms with van der Waals surface area (Å²) in [4.78, 5) is 22.5. The van der Waals surface area contributed by atoms with E-state index in [0.29, 0.717) is 19.5 Å². The number of hydrogen-bond donors (Lipinski definition) is 3. The molecule has 1 saturated carbocycles. The number of amides is 2. The first kappa shape index (κ1) is 13.0. The van der Waals surface area contributed by atoms with E-state index in [2.05, 4.69) is 16.0 Å². The second-order valence-electron chi connectivity index (χ2n) is 4.12. The number of carbonyl (C=O) groups is 2. The van der Waals surface area contributed by atoms with Gasteiger partial charge < -0.3 is 16.0 Å². The highest BCUT2D eigenvalue weighted by Crippen LogP contribution is 2.28. The third-order valence-corrected chi connectivity index (χ3v) is 2.53. The van der Waals surface area contributed by atoms with Crippen LogP contribution in [0.1, 0.15) is 25.7 Å². The maximum absolute atomic E-state index is 11.3. The smallest absolute Gasteiger partial charge is 0.223 e. The lowest BCUT2D eigenvalue weighted by atomic mass is 10.3. The Hall–Kier alpha value is -1.10. The molecule has 1 fully saturated rings. The zero-order valence-electron chi connectivity index (χ0n) is 9.84. The van der Waals surface area contributed by atoms with Crippen LogP contribution in [0.4, 0.5) is 0 Å². The van der Waals surface area contributed by atoms with E-state index in [-0.39, 0.29) is 17.7 Å². The lowest BCUT2D eigenvalue weighted by molar-refractivity contribution is -0.123. The van der Waals surface area contributed by atoms with E-state index < -0.39 is 0 Å². The molecule has 3 N–H and O–H groups in total. The molecule has 0 bridgehead atoms. The normalized spacial score (nSPS) is 14.6. The molecule has 1 aliphatic carbocycles. The minimum atomic E-state index is 0.0518. The Morgan fingerprint density at radius 3 is 2.44 bits per heavy atom. The SMILES string of the molecule is CNCCCC(=O)NCCNC(=O)C1CC1. The number of nitrogens with one attached hydrogen (secondary N) is 3. The van der Waals surface area contributed by atoms with Gasteiger partial charge in [0.1, 0.15) is 0 Å². The Morgan fingerprint density at radius 1 is 1.12 bits per heavy atom. The van der Waals surface area contributed by atoms with Crippen LogP contribution in [0.5, 0.6) is 0 Å². The summed E-state index contributed by atoms with van der Waals surface area (Å²) in [6.45, 7) is 1.91. The van der Waals surface area contributed by atoms with Gasteiger partial charge in [-0.25, -0.2) is 0 Å². The van der Waals surface area contributed by atoms with E-state index in [4.69, 9.17) is 0 Å². The zero-order valence-corrected chi connectivity index (χ0v) is 9.84. The van der Waals surface area contributed by atoms with Gasteiger partial charge in [0.25, 0.3) is 0 Å². The van der Waals surface area contributed by atoms with Crippen LogP contribution in [0.25, 0.3) is 0 Å². The molecular weight excluding hydrogens is 206 g/mol. The summed E-state index contributed by atoms with van der Waals surface area (Å²) in [5.74, 6) is 0.423. The van der Waals surface area contributed by atoms with Crippen LogP contribution >= 0.6 is 0 Å². The molecule has 5 nitrogen and oxygen atoms in total. The minimum absolute atomic E-state index is 0.0518. The van der Waals surface area contributed by atoms with Gasteiger partial charge in [0, 0.05) is 25.4 Å². The molecule has 2 amide bonds. The summed E-state index contributed by atoms with van der Waals surface area (Å²) >= 11 is 0. The standard InChI is InChI=1S/C11H21N3O2/c1-12-6-2-3-10(15)13-7-8-14-11(16)9-4-5-9/h9,12H,2-8H2,1H3,(H,13,15)(H,14,16). The monoisotopic (exact) mass is 227 g/mol. The van der Waals surface area contributed by atoms with Gasteiger partial charge in [0.05, 0.1) is 0 Å². The number of rotatable bonds is 8. The number of carbonyl (C=O) groups excluding carboxylic acids is 2. The van der Waals surface area contributed by atoms with E-state index in [9.17, 15) is 9.59 Å². The van der Waals surface area contributed by atoms with E-state index in [1.54, 1.807) is 0 Å². The summed E-state index contributed by atoms with van der Waals surface area (Å²) in [7, 11) is 1.87. The first-order valence-corrected chi connectivity index (χ1v) is 5.93. The predicted molar refractivity (Wildman–Crippen MR) is 61.9 cm³/mol. The third kappa shape index (κ3) is 5.70. The molecule has 0 aliphatic heterocycles. The van der Waals surface area contributed by atoms with Gasteiger partial charge in [0.2, 0.25) is 11.8 Å². The highest BCUT2D eigenvalue weighted by molar-refractivity contribution is 5.81. The van der Waals surface area contributed by atoms with Crippen molar-refractivity contribution in [2.75, 3.05) is 26.7 Å². The Labute approximate surface area is 96.4 Å².